The summed E-state index contributed by atoms with van der Waals surface area (Å²) in [7, 11) is 0. The maximum atomic E-state index is 13.7. The van der Waals surface area contributed by atoms with Crippen molar-refractivity contribution in [1.82, 2.24) is 10.2 Å². The molecular weight excluding hydrogens is 529 g/mol. The van der Waals surface area contributed by atoms with Crippen LogP contribution in [0.2, 0.25) is 5.02 Å². The van der Waals surface area contributed by atoms with Crippen molar-refractivity contribution in [2.45, 2.75) is 70.4 Å². The first-order valence-electron chi connectivity index (χ1n) is 14.3. The number of rotatable bonds is 11. The van der Waals surface area contributed by atoms with Gasteiger partial charge in [0.15, 0.2) is 0 Å². The molecule has 1 heterocycles. The molecule has 2 aromatic rings. The molecule has 2 aromatic carbocycles. The molecule has 2 fully saturated rings. The number of nitrogens with zero attached hydrogens (tertiary/aromatic N) is 1. The molecule has 1 aliphatic carbocycles. The van der Waals surface area contributed by atoms with Crippen molar-refractivity contribution in [3.63, 3.8) is 0 Å². The van der Waals surface area contributed by atoms with Gasteiger partial charge in [-0.1, -0.05) is 67.6 Å². The maximum Gasteiger partial charge on any atom is 0.245 e. The minimum absolute atomic E-state index is 0.0575. The molecule has 3 amide bonds. The van der Waals surface area contributed by atoms with Crippen molar-refractivity contribution < 1.29 is 18.8 Å². The summed E-state index contributed by atoms with van der Waals surface area (Å²) in [6.45, 7) is 4.73. The van der Waals surface area contributed by atoms with Crippen LogP contribution in [0.15, 0.2) is 55.1 Å². The number of nitrogens with two attached hydrogens (primary N) is 1. The number of carbonyl (C=O) groups is 3. The largest absolute Gasteiger partial charge is 0.369 e. The van der Waals surface area contributed by atoms with E-state index in [2.05, 4.69) is 11.9 Å². The lowest BCUT2D eigenvalue weighted by molar-refractivity contribution is -0.139. The highest BCUT2D eigenvalue weighted by Gasteiger charge is 2.37. The third kappa shape index (κ3) is 7.51. The minimum Gasteiger partial charge on any atom is -0.369 e. The lowest BCUT2D eigenvalue weighted by atomic mass is 9.80. The molecule has 214 valence electrons. The smallest absolute Gasteiger partial charge is 0.245 e. The predicted molar refractivity (Wildman–Crippen MR) is 156 cm³/mol. The summed E-state index contributed by atoms with van der Waals surface area (Å²) >= 11 is 5.98. The fourth-order valence-corrected chi connectivity index (χ4v) is 6.32. The van der Waals surface area contributed by atoms with Gasteiger partial charge in [-0.25, -0.2) is 4.39 Å². The van der Waals surface area contributed by atoms with E-state index in [9.17, 15) is 18.8 Å². The van der Waals surface area contributed by atoms with E-state index in [1.54, 1.807) is 23.1 Å². The number of carbonyl (C=O) groups excluding carboxylic acids is 3. The molecule has 0 bridgehead atoms. The first-order chi connectivity index (χ1) is 19.3. The second kappa shape index (κ2) is 13.9. The quantitative estimate of drug-likeness (QED) is 0.325. The van der Waals surface area contributed by atoms with Gasteiger partial charge in [-0.2, -0.15) is 0 Å². The Morgan fingerprint density at radius 2 is 1.80 bits per heavy atom. The third-order valence-electron chi connectivity index (χ3n) is 8.32. The Hall–Kier alpha value is -3.19. The van der Waals surface area contributed by atoms with Gasteiger partial charge in [-0.3, -0.25) is 14.4 Å². The Kier molecular flexibility index (Phi) is 10.4. The molecule has 1 saturated heterocycles. The van der Waals surface area contributed by atoms with Gasteiger partial charge in [0.05, 0.1) is 16.9 Å². The normalized spacial score (nSPS) is 19.6. The second-order valence-electron chi connectivity index (χ2n) is 11.2. The van der Waals surface area contributed by atoms with E-state index in [1.807, 2.05) is 24.3 Å². The lowest BCUT2D eigenvalue weighted by Gasteiger charge is -2.29. The fourth-order valence-electron chi connectivity index (χ4n) is 6.14. The molecule has 2 aliphatic rings. The van der Waals surface area contributed by atoms with Crippen LogP contribution < -0.4 is 11.1 Å². The van der Waals surface area contributed by atoms with Gasteiger partial charge in [0.2, 0.25) is 17.7 Å². The van der Waals surface area contributed by atoms with Crippen molar-refractivity contribution in [3.8, 4) is 11.1 Å². The Labute approximate surface area is 241 Å². The summed E-state index contributed by atoms with van der Waals surface area (Å²) in [4.78, 5) is 41.4. The van der Waals surface area contributed by atoms with E-state index in [4.69, 9.17) is 17.3 Å². The summed E-state index contributed by atoms with van der Waals surface area (Å²) in [5.74, 6) is -2.21. The molecule has 2 unspecified atom stereocenters. The topological polar surface area (TPSA) is 92.5 Å². The van der Waals surface area contributed by atoms with Crippen LogP contribution in [0.25, 0.3) is 11.1 Å². The van der Waals surface area contributed by atoms with Gasteiger partial charge in [-0.15, -0.1) is 6.58 Å². The molecule has 1 saturated carbocycles. The Bertz CT molecular complexity index is 1230. The van der Waals surface area contributed by atoms with E-state index >= 15 is 0 Å². The van der Waals surface area contributed by atoms with Crippen LogP contribution >= 0.6 is 11.6 Å². The van der Waals surface area contributed by atoms with Gasteiger partial charge in [0, 0.05) is 13.1 Å². The number of hydrogen-bond donors (Lipinski definition) is 2. The lowest BCUT2D eigenvalue weighted by Crippen LogP contribution is -2.50. The van der Waals surface area contributed by atoms with Gasteiger partial charge in [-0.05, 0) is 72.9 Å². The van der Waals surface area contributed by atoms with Crippen LogP contribution in [0, 0.1) is 23.6 Å². The molecule has 0 spiro atoms. The van der Waals surface area contributed by atoms with Gasteiger partial charge in [0.1, 0.15) is 11.9 Å². The van der Waals surface area contributed by atoms with Crippen LogP contribution in [0.1, 0.15) is 63.4 Å². The Morgan fingerprint density at radius 3 is 2.50 bits per heavy atom. The zero-order chi connectivity index (χ0) is 28.6. The van der Waals surface area contributed by atoms with Crippen LogP contribution in [-0.2, 0) is 20.9 Å². The Balaban J connectivity index is 1.48. The highest BCUT2D eigenvalue weighted by molar-refractivity contribution is 6.31. The first-order valence-corrected chi connectivity index (χ1v) is 14.7. The molecule has 8 heteroatoms. The first kappa shape index (κ1) is 29.8. The molecule has 0 aromatic heterocycles. The second-order valence-corrected chi connectivity index (χ2v) is 11.6. The van der Waals surface area contributed by atoms with Crippen molar-refractivity contribution in [2.24, 2.45) is 23.5 Å². The Morgan fingerprint density at radius 1 is 1.07 bits per heavy atom. The van der Waals surface area contributed by atoms with Crippen molar-refractivity contribution in [2.75, 3.05) is 6.54 Å². The maximum absolute atomic E-state index is 13.7. The van der Waals surface area contributed by atoms with Crippen LogP contribution in [-0.4, -0.2) is 35.2 Å². The molecule has 3 atom stereocenters. The SMILES string of the molecule is C=CCC(C(N)=O)C(CC1CCCC1)C(=O)N[C@H]1CCCCN(Cc2cccc(-c3ccc(F)c(Cl)c3)c2)C1=O. The predicted octanol–water partition coefficient (Wildman–Crippen LogP) is 6.02. The van der Waals surface area contributed by atoms with Crippen LogP contribution in [0.5, 0.6) is 0 Å². The van der Waals surface area contributed by atoms with Gasteiger partial charge < -0.3 is 16.0 Å². The highest BCUT2D eigenvalue weighted by atomic mass is 35.5. The zero-order valence-electron chi connectivity index (χ0n) is 22.9. The van der Waals surface area contributed by atoms with E-state index in [0.717, 1.165) is 55.2 Å². The summed E-state index contributed by atoms with van der Waals surface area (Å²) < 4.78 is 13.7. The molecular formula is C32H39ClFN3O3. The van der Waals surface area contributed by atoms with Gasteiger partial charge >= 0.3 is 0 Å². The van der Waals surface area contributed by atoms with E-state index < -0.39 is 29.6 Å². The average Bonchev–Trinajstić information content (AvgIpc) is 3.40. The number of allylic oxidation sites excluding steroid dienone is 1. The number of hydrogen-bond acceptors (Lipinski definition) is 3. The molecule has 1 aliphatic heterocycles. The van der Waals surface area contributed by atoms with Gasteiger partial charge in [0.25, 0.3) is 0 Å². The van der Waals surface area contributed by atoms with Crippen LogP contribution in [0.3, 0.4) is 0 Å². The molecule has 4 rings (SSSR count). The minimum atomic E-state index is -0.655. The standard InChI is InChI=1S/C32H39ClFN3O3/c1-2-8-25(30(35)38)26(18-21-9-3-4-10-21)31(39)36-29-13-5-6-16-37(32(29)40)20-22-11-7-12-23(17-22)24-14-15-28(34)27(33)19-24/h2,7,11-12,14-15,17,19,21,25-26,29H,1,3-6,8-10,13,16,18,20H2,(H2,35,38)(H,36,39)/t25?,26?,29-/m0/s1. The number of primary amides is 1. The number of amides is 3. The monoisotopic (exact) mass is 567 g/mol. The molecule has 3 N–H and O–H groups in total. The van der Waals surface area contributed by atoms with Crippen molar-refractivity contribution in [3.05, 3.63) is 71.5 Å². The number of nitrogens with one attached hydrogen (secondary N) is 1. The summed E-state index contributed by atoms with van der Waals surface area (Å²) in [5, 5.41) is 3.08. The molecule has 0 radical (unpaired) electrons. The van der Waals surface area contributed by atoms with E-state index in [0.29, 0.717) is 38.3 Å². The van der Waals surface area contributed by atoms with Crippen molar-refractivity contribution >= 4 is 29.3 Å². The van der Waals surface area contributed by atoms with E-state index in [1.165, 1.54) is 6.07 Å². The van der Waals surface area contributed by atoms with E-state index in [-0.39, 0.29) is 16.8 Å². The van der Waals surface area contributed by atoms with Crippen LogP contribution in [0.4, 0.5) is 4.39 Å². The summed E-state index contributed by atoms with van der Waals surface area (Å²) in [6, 6.07) is 11.7. The number of benzene rings is 2. The number of likely N-dealkylation sites (tertiary alicyclic amines) is 1. The third-order valence-corrected chi connectivity index (χ3v) is 8.61. The molecule has 40 heavy (non-hydrogen) atoms. The summed E-state index contributed by atoms with van der Waals surface area (Å²) in [6.07, 6.45) is 9.10. The summed E-state index contributed by atoms with van der Waals surface area (Å²) in [5.41, 5.74) is 8.32. The molecule has 6 nitrogen and oxygen atoms in total. The average molecular weight is 568 g/mol. The highest BCUT2D eigenvalue weighted by Crippen LogP contribution is 2.34. The fraction of sp³-hybridized carbons (Fsp3) is 0.469. The zero-order valence-corrected chi connectivity index (χ0v) is 23.7. The number of halogens is 2. The van der Waals surface area contributed by atoms with Crippen molar-refractivity contribution in [1.29, 1.82) is 0 Å².